The molecule has 3 aromatic carbocycles. The Bertz CT molecular complexity index is 2180. The van der Waals surface area contributed by atoms with E-state index in [1.165, 1.54) is 23.5 Å². The van der Waals surface area contributed by atoms with Crippen molar-refractivity contribution in [2.24, 2.45) is 4.99 Å². The number of carbonyl (C=O) groups is 2. The zero-order chi connectivity index (χ0) is 32.5. The first-order chi connectivity index (χ1) is 22.2. The van der Waals surface area contributed by atoms with Gasteiger partial charge in [0.25, 0.3) is 5.56 Å². The molecule has 0 saturated heterocycles. The molecular formula is C36H29ClN2O6S. The Labute approximate surface area is 273 Å². The third-order valence-corrected chi connectivity index (χ3v) is 8.97. The zero-order valence-electron chi connectivity index (χ0n) is 25.2. The van der Waals surface area contributed by atoms with Crippen LogP contribution in [0, 0.1) is 0 Å². The van der Waals surface area contributed by atoms with Gasteiger partial charge in [-0.3, -0.25) is 9.36 Å². The maximum atomic E-state index is 14.2. The van der Waals surface area contributed by atoms with Gasteiger partial charge in [-0.15, -0.1) is 0 Å². The van der Waals surface area contributed by atoms with Crippen LogP contribution in [0.1, 0.15) is 65.5 Å². The largest absolute Gasteiger partial charge is 0.478 e. The molecule has 1 aliphatic heterocycles. The highest BCUT2D eigenvalue weighted by atomic mass is 35.5. The van der Waals surface area contributed by atoms with Crippen molar-refractivity contribution in [1.29, 1.82) is 0 Å². The minimum Gasteiger partial charge on any atom is -0.478 e. The van der Waals surface area contributed by atoms with Crippen LogP contribution in [0.15, 0.2) is 105 Å². The van der Waals surface area contributed by atoms with Gasteiger partial charge in [0.1, 0.15) is 11.5 Å². The van der Waals surface area contributed by atoms with Gasteiger partial charge in [0, 0.05) is 17.2 Å². The topological polar surface area (TPSA) is 111 Å². The van der Waals surface area contributed by atoms with Crippen molar-refractivity contribution in [2.45, 2.75) is 32.7 Å². The Morgan fingerprint density at radius 1 is 1.04 bits per heavy atom. The molecule has 232 valence electrons. The number of carboxylic acids is 1. The summed E-state index contributed by atoms with van der Waals surface area (Å²) in [6.45, 7) is 6.12. The van der Waals surface area contributed by atoms with Crippen molar-refractivity contribution in [2.75, 3.05) is 6.61 Å². The molecule has 2 aromatic heterocycles. The first-order valence-corrected chi connectivity index (χ1v) is 15.9. The van der Waals surface area contributed by atoms with Crippen LogP contribution in [0.25, 0.3) is 23.1 Å². The van der Waals surface area contributed by atoms with Gasteiger partial charge in [0.05, 0.1) is 39.0 Å². The van der Waals surface area contributed by atoms with Gasteiger partial charge in [0.15, 0.2) is 4.80 Å². The summed E-state index contributed by atoms with van der Waals surface area (Å²) in [5.41, 5.74) is 3.60. The quantitative estimate of drug-likeness (QED) is 0.188. The number of halogens is 1. The minimum absolute atomic E-state index is 0.0104. The van der Waals surface area contributed by atoms with Crippen molar-refractivity contribution < 1.29 is 23.8 Å². The monoisotopic (exact) mass is 652 g/mol. The molecule has 0 aliphatic carbocycles. The van der Waals surface area contributed by atoms with Crippen LogP contribution in [0.2, 0.25) is 5.02 Å². The molecule has 5 aromatic rings. The van der Waals surface area contributed by atoms with E-state index < -0.39 is 18.0 Å². The summed E-state index contributed by atoms with van der Waals surface area (Å²) in [7, 11) is 0. The summed E-state index contributed by atoms with van der Waals surface area (Å²) in [4.78, 5) is 44.5. The molecule has 0 radical (unpaired) electrons. The summed E-state index contributed by atoms with van der Waals surface area (Å²) in [6, 6.07) is 24.5. The Kier molecular flexibility index (Phi) is 8.62. The zero-order valence-corrected chi connectivity index (χ0v) is 26.8. The second kappa shape index (κ2) is 12.8. The summed E-state index contributed by atoms with van der Waals surface area (Å²) in [5, 5.41) is 9.38. The highest BCUT2D eigenvalue weighted by Gasteiger charge is 2.35. The number of thiazole rings is 1. The van der Waals surface area contributed by atoms with Crippen LogP contribution >= 0.6 is 22.9 Å². The van der Waals surface area contributed by atoms with Crippen LogP contribution < -0.4 is 14.9 Å². The molecule has 1 aliphatic rings. The maximum Gasteiger partial charge on any atom is 0.338 e. The highest BCUT2D eigenvalue weighted by Crippen LogP contribution is 2.36. The van der Waals surface area contributed by atoms with Crippen molar-refractivity contribution in [3.05, 3.63) is 143 Å². The lowest BCUT2D eigenvalue weighted by Gasteiger charge is -2.26. The van der Waals surface area contributed by atoms with E-state index in [0.717, 1.165) is 16.7 Å². The summed E-state index contributed by atoms with van der Waals surface area (Å²) < 4.78 is 13.5. The molecule has 0 unspecified atom stereocenters. The van der Waals surface area contributed by atoms with Gasteiger partial charge in [-0.25, -0.2) is 14.6 Å². The number of hydrogen-bond acceptors (Lipinski definition) is 7. The SMILES string of the molecule is CCOC(=O)C1=C(c2ccccc2)N=c2s/c(=C\c3ccc(-c4ccc(C(=O)O)c(Cl)c4)o3)c(=O)n2[C@@H]1c1ccc(C(C)C)cc1. The number of carboxylic acid groups (broad SMARTS) is 1. The van der Waals surface area contributed by atoms with Crippen LogP contribution in [0.4, 0.5) is 0 Å². The molecule has 8 nitrogen and oxygen atoms in total. The Morgan fingerprint density at radius 2 is 1.78 bits per heavy atom. The van der Waals surface area contributed by atoms with Gasteiger partial charge in [-0.1, -0.05) is 97.4 Å². The van der Waals surface area contributed by atoms with Gasteiger partial charge in [-0.2, -0.15) is 0 Å². The minimum atomic E-state index is -1.12. The maximum absolute atomic E-state index is 14.2. The number of carbonyl (C=O) groups excluding carboxylic acids is 1. The lowest BCUT2D eigenvalue weighted by molar-refractivity contribution is -0.138. The summed E-state index contributed by atoms with van der Waals surface area (Å²) >= 11 is 7.36. The third-order valence-electron chi connectivity index (χ3n) is 7.68. The normalized spacial score (nSPS) is 14.7. The smallest absolute Gasteiger partial charge is 0.338 e. The molecule has 0 amide bonds. The van der Waals surface area contributed by atoms with Crippen molar-refractivity contribution >= 4 is 46.6 Å². The lowest BCUT2D eigenvalue weighted by atomic mass is 9.91. The Hall–Kier alpha value is -4.99. The van der Waals surface area contributed by atoms with E-state index in [1.54, 1.807) is 35.8 Å². The molecule has 3 heterocycles. The fourth-order valence-corrected chi connectivity index (χ4v) is 6.62. The molecular weight excluding hydrogens is 624 g/mol. The first kappa shape index (κ1) is 31.0. The molecule has 1 atom stereocenters. The van der Waals surface area contributed by atoms with Gasteiger partial charge < -0.3 is 14.3 Å². The van der Waals surface area contributed by atoms with Crippen LogP contribution in [0.5, 0.6) is 0 Å². The molecule has 6 rings (SSSR count). The van der Waals surface area contributed by atoms with Crippen molar-refractivity contribution in [1.82, 2.24) is 4.57 Å². The lowest BCUT2D eigenvalue weighted by Crippen LogP contribution is -2.40. The first-order valence-electron chi connectivity index (χ1n) is 14.7. The molecule has 0 bridgehead atoms. The number of aromatic nitrogens is 1. The number of rotatable bonds is 8. The molecule has 10 heteroatoms. The number of nitrogens with zero attached hydrogens (tertiary/aromatic N) is 2. The number of fused-ring (bicyclic) bond motifs is 1. The molecule has 0 spiro atoms. The van der Waals surface area contributed by atoms with Gasteiger partial charge in [-0.05, 0) is 48.2 Å². The van der Waals surface area contributed by atoms with Crippen molar-refractivity contribution in [3.63, 3.8) is 0 Å². The number of esters is 1. The summed E-state index contributed by atoms with van der Waals surface area (Å²) in [6.07, 6.45) is 1.63. The van der Waals surface area contributed by atoms with E-state index in [0.29, 0.717) is 38.0 Å². The van der Waals surface area contributed by atoms with E-state index in [4.69, 9.17) is 25.7 Å². The van der Waals surface area contributed by atoms with E-state index in [2.05, 4.69) is 13.8 Å². The second-order valence-electron chi connectivity index (χ2n) is 11.0. The van der Waals surface area contributed by atoms with E-state index in [9.17, 15) is 19.5 Å². The number of aromatic carboxylic acids is 1. The molecule has 46 heavy (non-hydrogen) atoms. The predicted octanol–water partition coefficient (Wildman–Crippen LogP) is 6.67. The highest BCUT2D eigenvalue weighted by molar-refractivity contribution is 7.07. The Morgan fingerprint density at radius 3 is 2.43 bits per heavy atom. The standard InChI is InChI=1S/C36H29ClN2O6S/c1-4-44-35(43)30-31(22-8-6-5-7-9-22)38-36-39(32(30)23-12-10-21(11-13-23)20(2)3)33(40)29(46-36)19-25-15-17-28(45-25)24-14-16-26(34(41)42)27(37)18-24/h5-20,32H,4H2,1-3H3,(H,41,42)/b29-19-/t32-/m1/s1. The van der Waals surface area contributed by atoms with Crippen LogP contribution in [0.3, 0.4) is 0 Å². The molecule has 1 N–H and O–H groups in total. The predicted molar refractivity (Wildman–Crippen MR) is 178 cm³/mol. The van der Waals surface area contributed by atoms with Gasteiger partial charge in [0.2, 0.25) is 0 Å². The average molecular weight is 653 g/mol. The Balaban J connectivity index is 1.52. The third kappa shape index (κ3) is 5.87. The van der Waals surface area contributed by atoms with Crippen LogP contribution in [-0.2, 0) is 9.53 Å². The van der Waals surface area contributed by atoms with E-state index >= 15 is 0 Å². The van der Waals surface area contributed by atoms with Crippen LogP contribution in [-0.4, -0.2) is 28.2 Å². The van der Waals surface area contributed by atoms with E-state index in [1.807, 2.05) is 54.6 Å². The molecule has 0 fully saturated rings. The van der Waals surface area contributed by atoms with E-state index in [-0.39, 0.29) is 28.3 Å². The fourth-order valence-electron chi connectivity index (χ4n) is 5.38. The second-order valence-corrected chi connectivity index (χ2v) is 12.4. The average Bonchev–Trinajstić information content (AvgIpc) is 3.64. The van der Waals surface area contributed by atoms with Gasteiger partial charge >= 0.3 is 11.9 Å². The van der Waals surface area contributed by atoms with Crippen molar-refractivity contribution in [3.8, 4) is 11.3 Å². The molecule has 0 saturated carbocycles. The number of hydrogen-bond donors (Lipinski definition) is 1. The fraction of sp³-hybridized carbons (Fsp3) is 0.167. The summed E-state index contributed by atoms with van der Waals surface area (Å²) in [5.74, 6) is -0.495. The number of benzene rings is 3. The number of furan rings is 1. The number of ether oxygens (including phenoxy) is 1.